The molecule has 0 spiro atoms. The summed E-state index contributed by atoms with van der Waals surface area (Å²) < 4.78 is 15.4. The summed E-state index contributed by atoms with van der Waals surface area (Å²) in [4.78, 5) is 7.17. The second-order valence-corrected chi connectivity index (χ2v) is 6.38. The summed E-state index contributed by atoms with van der Waals surface area (Å²) in [6, 6.07) is 4.72. The molecule has 7 heteroatoms. The summed E-state index contributed by atoms with van der Waals surface area (Å²) in [5.41, 5.74) is 1.32. The second kappa shape index (κ2) is 5.21. The summed E-state index contributed by atoms with van der Waals surface area (Å²) in [5, 5.41) is 8.46. The van der Waals surface area contributed by atoms with Crippen LogP contribution in [0.1, 0.15) is 32.3 Å². The van der Waals surface area contributed by atoms with Crippen molar-refractivity contribution in [2.24, 2.45) is 0 Å². The van der Waals surface area contributed by atoms with E-state index in [0.717, 1.165) is 0 Å². The molecule has 3 rings (SSSR count). The molecule has 0 amide bonds. The third kappa shape index (κ3) is 2.74. The Kier molecular flexibility index (Phi) is 3.48. The summed E-state index contributed by atoms with van der Waals surface area (Å²) in [6.45, 7) is 6.08. The maximum absolute atomic E-state index is 13.7. The first kappa shape index (κ1) is 14.7. The number of benzene rings is 1. The molecule has 22 heavy (non-hydrogen) atoms. The first-order valence-electron chi connectivity index (χ1n) is 6.79. The topological polar surface area (TPSA) is 59.4 Å². The number of hydrogen-bond donors (Lipinski definition) is 1. The summed E-state index contributed by atoms with van der Waals surface area (Å²) >= 11 is 6.26. The van der Waals surface area contributed by atoms with Crippen molar-refractivity contribution in [3.05, 3.63) is 41.7 Å². The van der Waals surface area contributed by atoms with Gasteiger partial charge in [0, 0.05) is 0 Å². The van der Waals surface area contributed by atoms with Gasteiger partial charge in [0.15, 0.2) is 5.82 Å². The van der Waals surface area contributed by atoms with Crippen LogP contribution in [-0.2, 0) is 5.54 Å². The van der Waals surface area contributed by atoms with E-state index in [2.05, 4.69) is 20.3 Å². The number of para-hydroxylation sites is 1. The van der Waals surface area contributed by atoms with E-state index in [1.807, 2.05) is 20.8 Å². The molecule has 3 aromatic rings. The lowest BCUT2D eigenvalue weighted by atomic mass is 10.1. The summed E-state index contributed by atoms with van der Waals surface area (Å²) in [6.07, 6.45) is 3.44. The fourth-order valence-electron chi connectivity index (χ4n) is 1.98. The van der Waals surface area contributed by atoms with E-state index in [0.29, 0.717) is 22.1 Å². The lowest BCUT2D eigenvalue weighted by molar-refractivity contribution is 0.347. The SMILES string of the molecule is CC(C)(C)n1cc(/C=C(\Cl)c2nc3c(F)cccc3[nH]2)nn1. The van der Waals surface area contributed by atoms with Crippen molar-refractivity contribution >= 4 is 33.7 Å². The molecular formula is C15H15ClFN5. The van der Waals surface area contributed by atoms with Crippen molar-refractivity contribution in [2.75, 3.05) is 0 Å². The number of hydrogen-bond acceptors (Lipinski definition) is 3. The Hall–Kier alpha value is -2.21. The Labute approximate surface area is 131 Å². The molecule has 1 N–H and O–H groups in total. The van der Waals surface area contributed by atoms with Gasteiger partial charge in [0.05, 0.1) is 22.3 Å². The smallest absolute Gasteiger partial charge is 0.151 e. The molecule has 2 aromatic heterocycles. The van der Waals surface area contributed by atoms with Crippen LogP contribution in [-0.4, -0.2) is 25.0 Å². The van der Waals surface area contributed by atoms with Crippen LogP contribution in [0, 0.1) is 5.82 Å². The van der Waals surface area contributed by atoms with Crippen LogP contribution in [0.25, 0.3) is 22.1 Å². The van der Waals surface area contributed by atoms with Crippen molar-refractivity contribution in [2.45, 2.75) is 26.3 Å². The van der Waals surface area contributed by atoms with E-state index in [1.165, 1.54) is 6.07 Å². The quantitative estimate of drug-likeness (QED) is 0.782. The van der Waals surface area contributed by atoms with E-state index in [1.54, 1.807) is 29.1 Å². The molecule has 114 valence electrons. The predicted octanol–water partition coefficient (Wildman–Crippen LogP) is 3.79. The van der Waals surface area contributed by atoms with E-state index < -0.39 is 0 Å². The third-order valence-electron chi connectivity index (χ3n) is 3.16. The third-order valence-corrected chi connectivity index (χ3v) is 3.45. The van der Waals surface area contributed by atoms with Crippen LogP contribution in [0.3, 0.4) is 0 Å². The zero-order valence-corrected chi connectivity index (χ0v) is 13.2. The standard InChI is InChI=1S/C15H15ClFN5/c1-15(2,3)22-8-9(20-21-22)7-10(16)14-18-12-6-4-5-11(17)13(12)19-14/h4-8H,1-3H3,(H,18,19)/b10-7-. The monoisotopic (exact) mass is 319 g/mol. The van der Waals surface area contributed by atoms with Gasteiger partial charge in [0.2, 0.25) is 0 Å². The Balaban J connectivity index is 1.96. The van der Waals surface area contributed by atoms with Crippen molar-refractivity contribution in [1.82, 2.24) is 25.0 Å². The predicted molar refractivity (Wildman–Crippen MR) is 84.8 cm³/mol. The van der Waals surface area contributed by atoms with Gasteiger partial charge >= 0.3 is 0 Å². The van der Waals surface area contributed by atoms with Crippen LogP contribution in [0.4, 0.5) is 4.39 Å². The molecule has 0 aliphatic carbocycles. The minimum Gasteiger partial charge on any atom is -0.337 e. The Morgan fingerprint density at radius 2 is 2.14 bits per heavy atom. The van der Waals surface area contributed by atoms with Gasteiger partial charge < -0.3 is 4.98 Å². The van der Waals surface area contributed by atoms with Crippen molar-refractivity contribution < 1.29 is 4.39 Å². The van der Waals surface area contributed by atoms with Crippen LogP contribution in [0.5, 0.6) is 0 Å². The summed E-state index contributed by atoms with van der Waals surface area (Å²) in [5.74, 6) is 0.00946. The number of fused-ring (bicyclic) bond motifs is 1. The molecule has 0 fully saturated rings. The minimum atomic E-state index is -0.386. The summed E-state index contributed by atoms with van der Waals surface area (Å²) in [7, 11) is 0. The molecule has 0 unspecified atom stereocenters. The van der Waals surface area contributed by atoms with Crippen molar-refractivity contribution in [3.63, 3.8) is 0 Å². The number of nitrogens with zero attached hydrogens (tertiary/aromatic N) is 4. The molecule has 0 aliphatic heterocycles. The van der Waals surface area contributed by atoms with E-state index >= 15 is 0 Å². The maximum Gasteiger partial charge on any atom is 0.151 e. The molecule has 0 radical (unpaired) electrons. The van der Waals surface area contributed by atoms with Gasteiger partial charge in [-0.05, 0) is 39.0 Å². The van der Waals surface area contributed by atoms with Crippen LogP contribution in [0.15, 0.2) is 24.4 Å². The van der Waals surface area contributed by atoms with Crippen LogP contribution in [0.2, 0.25) is 0 Å². The average Bonchev–Trinajstić information content (AvgIpc) is 3.04. The minimum absolute atomic E-state index is 0.159. The van der Waals surface area contributed by atoms with Gasteiger partial charge in [-0.1, -0.05) is 22.9 Å². The van der Waals surface area contributed by atoms with Crippen LogP contribution >= 0.6 is 11.6 Å². The van der Waals surface area contributed by atoms with E-state index in [4.69, 9.17) is 11.6 Å². The number of H-pyrrole nitrogens is 1. The highest BCUT2D eigenvalue weighted by Gasteiger charge is 2.15. The van der Waals surface area contributed by atoms with Gasteiger partial charge in [-0.3, -0.25) is 0 Å². The zero-order valence-electron chi connectivity index (χ0n) is 12.4. The van der Waals surface area contributed by atoms with Gasteiger partial charge in [-0.25, -0.2) is 14.1 Å². The normalized spacial score (nSPS) is 13.0. The molecule has 0 bridgehead atoms. The highest BCUT2D eigenvalue weighted by Crippen LogP contribution is 2.23. The second-order valence-electron chi connectivity index (χ2n) is 5.97. The largest absolute Gasteiger partial charge is 0.337 e. The molecule has 0 saturated carbocycles. The maximum atomic E-state index is 13.7. The number of rotatable bonds is 2. The van der Waals surface area contributed by atoms with Crippen molar-refractivity contribution in [3.8, 4) is 0 Å². The van der Waals surface area contributed by atoms with Gasteiger partial charge in [0.25, 0.3) is 0 Å². The number of imidazole rings is 1. The van der Waals surface area contributed by atoms with Crippen LogP contribution < -0.4 is 0 Å². The lowest BCUT2D eigenvalue weighted by Crippen LogP contribution is -2.22. The number of halogens is 2. The fourth-order valence-corrected chi connectivity index (χ4v) is 2.18. The molecule has 2 heterocycles. The lowest BCUT2D eigenvalue weighted by Gasteiger charge is -2.17. The zero-order chi connectivity index (χ0) is 15.9. The van der Waals surface area contributed by atoms with E-state index in [-0.39, 0.29) is 16.9 Å². The van der Waals surface area contributed by atoms with Crippen molar-refractivity contribution in [1.29, 1.82) is 0 Å². The molecule has 0 aliphatic rings. The van der Waals surface area contributed by atoms with Gasteiger partial charge in [-0.15, -0.1) is 5.10 Å². The highest BCUT2D eigenvalue weighted by atomic mass is 35.5. The molecule has 0 saturated heterocycles. The molecule has 0 atom stereocenters. The van der Waals surface area contributed by atoms with E-state index in [9.17, 15) is 4.39 Å². The Bertz CT molecular complexity index is 856. The molecule has 1 aromatic carbocycles. The highest BCUT2D eigenvalue weighted by molar-refractivity contribution is 6.50. The number of aromatic amines is 1. The van der Waals surface area contributed by atoms with Gasteiger partial charge in [0.1, 0.15) is 17.0 Å². The Morgan fingerprint density at radius 1 is 1.36 bits per heavy atom. The first-order valence-corrected chi connectivity index (χ1v) is 7.17. The Morgan fingerprint density at radius 3 is 2.77 bits per heavy atom. The molecule has 5 nitrogen and oxygen atoms in total. The molecular weight excluding hydrogens is 305 g/mol. The number of nitrogens with one attached hydrogen (secondary N) is 1. The average molecular weight is 320 g/mol. The first-order chi connectivity index (χ1) is 10.3. The van der Waals surface area contributed by atoms with Gasteiger partial charge in [-0.2, -0.15) is 0 Å². The fraction of sp³-hybridized carbons (Fsp3) is 0.267. The number of aromatic nitrogens is 5.